The van der Waals surface area contributed by atoms with Crippen LogP contribution in [0.4, 0.5) is 0 Å². The molecule has 0 heterocycles. The van der Waals surface area contributed by atoms with Crippen molar-refractivity contribution in [2.24, 2.45) is 0 Å². The van der Waals surface area contributed by atoms with Gasteiger partial charge in [-0.05, 0) is 128 Å². The number of hydrogen-bond donors (Lipinski definition) is 3. The fourth-order valence-electron chi connectivity index (χ4n) is 10.9. The molecule has 0 aromatic carbocycles. The Morgan fingerprint density at radius 2 is 0.510 bits per heavy atom. The van der Waals surface area contributed by atoms with Gasteiger partial charge in [0, 0.05) is 25.7 Å². The van der Waals surface area contributed by atoms with E-state index in [-0.39, 0.29) is 25.7 Å². The van der Waals surface area contributed by atoms with Crippen molar-refractivity contribution in [3.05, 3.63) is 97.2 Å². The summed E-state index contributed by atoms with van der Waals surface area (Å²) >= 11 is 0. The van der Waals surface area contributed by atoms with Crippen LogP contribution in [0.25, 0.3) is 0 Å². The number of ether oxygens (including phenoxy) is 4. The second kappa shape index (κ2) is 75.2. The van der Waals surface area contributed by atoms with Crippen LogP contribution in [0.2, 0.25) is 0 Å². The summed E-state index contributed by atoms with van der Waals surface area (Å²) in [6.07, 6.45) is 79.5. The Hall–Kier alpha value is -4.02. The van der Waals surface area contributed by atoms with Gasteiger partial charge in [-0.3, -0.25) is 37.3 Å². The van der Waals surface area contributed by atoms with E-state index >= 15 is 0 Å². The summed E-state index contributed by atoms with van der Waals surface area (Å²) in [5.41, 5.74) is 0. The van der Waals surface area contributed by atoms with Crippen LogP contribution in [-0.2, 0) is 65.4 Å². The molecular formula is C83H146O17P2. The molecule has 0 aromatic rings. The maximum Gasteiger partial charge on any atom is 0.472 e. The average molecular weight is 1480 g/mol. The molecule has 17 nitrogen and oxygen atoms in total. The van der Waals surface area contributed by atoms with Crippen LogP contribution in [0.1, 0.15) is 349 Å². The van der Waals surface area contributed by atoms with Gasteiger partial charge < -0.3 is 33.8 Å². The van der Waals surface area contributed by atoms with Gasteiger partial charge in [0.05, 0.1) is 26.4 Å². The van der Waals surface area contributed by atoms with Crippen LogP contribution in [0.3, 0.4) is 0 Å². The quantitative estimate of drug-likeness (QED) is 0.0169. The lowest BCUT2D eigenvalue weighted by molar-refractivity contribution is -0.161. The summed E-state index contributed by atoms with van der Waals surface area (Å²) in [7, 11) is -9.96. The van der Waals surface area contributed by atoms with Crippen molar-refractivity contribution in [2.75, 3.05) is 39.6 Å². The molecular weight excluding hydrogens is 1330 g/mol. The molecule has 19 heteroatoms. The first kappa shape index (κ1) is 98.0. The molecule has 3 N–H and O–H groups in total. The van der Waals surface area contributed by atoms with Crippen LogP contribution in [0.15, 0.2) is 97.2 Å². The lowest BCUT2D eigenvalue weighted by atomic mass is 10.0. The van der Waals surface area contributed by atoms with Crippen molar-refractivity contribution in [3.63, 3.8) is 0 Å². The minimum Gasteiger partial charge on any atom is -0.462 e. The van der Waals surface area contributed by atoms with E-state index in [1.807, 2.05) is 0 Å². The van der Waals surface area contributed by atoms with E-state index in [1.165, 1.54) is 116 Å². The molecule has 0 rings (SSSR count). The number of carbonyl (C=O) groups excluding carboxylic acids is 4. The first-order valence-corrected chi connectivity index (χ1v) is 43.5. The highest BCUT2D eigenvalue weighted by Crippen LogP contribution is 2.45. The highest BCUT2D eigenvalue weighted by atomic mass is 31.2. The average Bonchev–Trinajstić information content (AvgIpc) is 0.924. The highest BCUT2D eigenvalue weighted by Gasteiger charge is 2.30. The molecule has 5 unspecified atom stereocenters. The number of carbonyl (C=O) groups is 4. The smallest absolute Gasteiger partial charge is 0.462 e. The minimum absolute atomic E-state index is 0.0711. The lowest BCUT2D eigenvalue weighted by Crippen LogP contribution is -2.30. The number of phosphoric acid groups is 2. The first-order valence-electron chi connectivity index (χ1n) is 40.5. The molecule has 0 fully saturated rings. The van der Waals surface area contributed by atoms with Crippen LogP contribution in [0.5, 0.6) is 0 Å². The molecule has 590 valence electrons. The number of hydrogen-bond acceptors (Lipinski definition) is 15. The Balaban J connectivity index is 5.37. The molecule has 0 saturated heterocycles. The van der Waals surface area contributed by atoms with E-state index in [4.69, 9.17) is 37.0 Å². The number of aliphatic hydroxyl groups is 1. The van der Waals surface area contributed by atoms with Crippen molar-refractivity contribution in [3.8, 4) is 0 Å². The predicted octanol–water partition coefficient (Wildman–Crippen LogP) is 23.6. The Morgan fingerprint density at radius 1 is 0.284 bits per heavy atom. The van der Waals surface area contributed by atoms with Gasteiger partial charge in [0.1, 0.15) is 19.3 Å². The highest BCUT2D eigenvalue weighted by molar-refractivity contribution is 7.47. The van der Waals surface area contributed by atoms with Gasteiger partial charge in [0.15, 0.2) is 12.2 Å². The fraction of sp³-hybridized carbons (Fsp3) is 0.759. The Bertz CT molecular complexity index is 2310. The monoisotopic (exact) mass is 1480 g/mol. The summed E-state index contributed by atoms with van der Waals surface area (Å²) in [6.45, 7) is 4.71. The summed E-state index contributed by atoms with van der Waals surface area (Å²) < 4.78 is 68.6. The standard InChI is InChI=1S/C83H146O17P2/c1-5-9-13-17-21-25-29-33-36-37-38-39-42-45-48-52-56-60-64-68-81(86)94-74-79(100-83(88)70-66-62-58-54-50-46-41-35-31-27-23-19-15-11-7-3)76-98-102(91,92)96-72-77(84)71-95-101(89,90)97-75-78(99-82(87)69-65-61-57-53-49-43-32-28-24-20-16-12-8-4)73-93-80(85)67-63-59-55-51-47-44-40-34-30-26-22-18-14-10-6-2/h9,13,21,23,25,27-28,32-33,35-36,38-39,41,45,48,77-79,84H,5-8,10-12,14-20,22,24,26,29-31,34,37,40,42-44,46-47,49-76H2,1-4H3,(H,89,90)(H,91,92)/b13-9-,25-21-,27-23-,32-28-,36-33-,39-38-,41-35-,48-45-. The van der Waals surface area contributed by atoms with Gasteiger partial charge in [-0.25, -0.2) is 9.13 Å². The van der Waals surface area contributed by atoms with Gasteiger partial charge in [0.2, 0.25) is 0 Å². The summed E-state index contributed by atoms with van der Waals surface area (Å²) in [5, 5.41) is 10.6. The second-order valence-electron chi connectivity index (χ2n) is 27.0. The first-order chi connectivity index (χ1) is 49.7. The van der Waals surface area contributed by atoms with Gasteiger partial charge in [-0.15, -0.1) is 0 Å². The molecule has 0 aliphatic carbocycles. The Labute approximate surface area is 620 Å². The topological polar surface area (TPSA) is 237 Å². The van der Waals surface area contributed by atoms with Gasteiger partial charge in [-0.1, -0.05) is 292 Å². The van der Waals surface area contributed by atoms with Crippen molar-refractivity contribution in [1.82, 2.24) is 0 Å². The normalized spacial score (nSPS) is 14.4. The number of aliphatic hydroxyl groups excluding tert-OH is 1. The zero-order chi connectivity index (χ0) is 74.6. The third-order valence-electron chi connectivity index (χ3n) is 17.0. The summed E-state index contributed by atoms with van der Waals surface area (Å²) in [6, 6.07) is 0. The lowest BCUT2D eigenvalue weighted by Gasteiger charge is -2.21. The van der Waals surface area contributed by atoms with Gasteiger partial charge >= 0.3 is 39.5 Å². The van der Waals surface area contributed by atoms with Crippen molar-refractivity contribution in [2.45, 2.75) is 367 Å². The minimum atomic E-state index is -4.99. The largest absolute Gasteiger partial charge is 0.472 e. The fourth-order valence-corrected chi connectivity index (χ4v) is 12.4. The van der Waals surface area contributed by atoms with Crippen LogP contribution in [0, 0.1) is 0 Å². The predicted molar refractivity (Wildman–Crippen MR) is 418 cm³/mol. The molecule has 0 saturated carbocycles. The second-order valence-corrected chi connectivity index (χ2v) is 29.9. The number of allylic oxidation sites excluding steroid dienone is 16. The zero-order valence-electron chi connectivity index (χ0n) is 64.5. The Kier molecular flexibility index (Phi) is 72.3. The van der Waals surface area contributed by atoms with Crippen molar-refractivity contribution >= 4 is 39.5 Å². The zero-order valence-corrected chi connectivity index (χ0v) is 66.3. The Morgan fingerprint density at radius 3 is 0.833 bits per heavy atom. The van der Waals surface area contributed by atoms with Crippen molar-refractivity contribution < 1.29 is 80.2 Å². The SMILES string of the molecule is CC/C=C\C/C=C\C/C=C\C/C=C\C/C=C\CCCCCC(=O)OCC(COP(=O)(O)OCC(O)COP(=O)(O)OCC(COC(=O)CCCCCCCCCCCCCCCCC)OC(=O)CCCCCCC/C=C\CCCCCC)OC(=O)CCCCCCC/C=C\C/C=C\CCCCC. The maximum absolute atomic E-state index is 13.1. The number of rotatable bonds is 76. The molecule has 0 aliphatic rings. The maximum atomic E-state index is 13.1. The van der Waals surface area contributed by atoms with E-state index in [2.05, 4.69) is 125 Å². The molecule has 0 bridgehead atoms. The molecule has 0 amide bonds. The molecule has 0 spiro atoms. The van der Waals surface area contributed by atoms with E-state index in [0.717, 1.165) is 154 Å². The van der Waals surface area contributed by atoms with E-state index in [9.17, 15) is 43.2 Å². The third-order valence-corrected chi connectivity index (χ3v) is 18.9. The van der Waals surface area contributed by atoms with E-state index in [1.54, 1.807) is 0 Å². The summed E-state index contributed by atoms with van der Waals surface area (Å²) in [4.78, 5) is 73.0. The van der Waals surface area contributed by atoms with Gasteiger partial charge in [-0.2, -0.15) is 0 Å². The van der Waals surface area contributed by atoms with Crippen LogP contribution >= 0.6 is 15.6 Å². The molecule has 0 aliphatic heterocycles. The van der Waals surface area contributed by atoms with Crippen LogP contribution in [-0.4, -0.2) is 96.7 Å². The number of esters is 4. The molecule has 0 radical (unpaired) electrons. The molecule has 0 aromatic heterocycles. The van der Waals surface area contributed by atoms with Crippen molar-refractivity contribution in [1.29, 1.82) is 0 Å². The third kappa shape index (κ3) is 74.3. The molecule has 102 heavy (non-hydrogen) atoms. The van der Waals surface area contributed by atoms with E-state index < -0.39 is 97.5 Å². The molecule has 5 atom stereocenters. The van der Waals surface area contributed by atoms with E-state index in [0.29, 0.717) is 25.7 Å². The number of unbranched alkanes of at least 4 members (excludes halogenated alkanes) is 34. The number of phosphoric ester groups is 2. The van der Waals surface area contributed by atoms with Gasteiger partial charge in [0.25, 0.3) is 0 Å². The summed E-state index contributed by atoms with van der Waals surface area (Å²) in [5.74, 6) is -2.22. The van der Waals surface area contributed by atoms with Crippen LogP contribution < -0.4 is 0 Å².